The quantitative estimate of drug-likeness (QED) is 0.692. The molecule has 0 aliphatic rings. The lowest BCUT2D eigenvalue weighted by Gasteiger charge is -2.08. The molecule has 0 radical (unpaired) electrons. The molecule has 0 bridgehead atoms. The first-order chi connectivity index (χ1) is 11.1. The summed E-state index contributed by atoms with van der Waals surface area (Å²) in [7, 11) is 0. The van der Waals surface area contributed by atoms with Gasteiger partial charge >= 0.3 is 12.5 Å². The predicted molar refractivity (Wildman–Crippen MR) is 76.9 cm³/mol. The van der Waals surface area contributed by atoms with Crippen LogP contribution in [0.4, 0.5) is 8.78 Å². The maximum absolute atomic E-state index is 13.2. The Balaban J connectivity index is 1.83. The van der Waals surface area contributed by atoms with Crippen LogP contribution in [0.2, 0.25) is 0 Å². The third-order valence-corrected chi connectivity index (χ3v) is 3.19. The van der Waals surface area contributed by atoms with Gasteiger partial charge in [-0.3, -0.25) is 9.55 Å². The van der Waals surface area contributed by atoms with Crippen LogP contribution in [-0.2, 0) is 11.3 Å². The third-order valence-electron chi connectivity index (χ3n) is 3.19. The zero-order valence-corrected chi connectivity index (χ0v) is 12.1. The number of hydrogen-bond donors (Lipinski definition) is 0. The molecule has 3 aromatic rings. The molecule has 0 aliphatic carbocycles. The molecule has 0 saturated carbocycles. The largest absolute Gasteiger partial charge is 0.453 e. The zero-order valence-electron chi connectivity index (χ0n) is 12.1. The SMILES string of the molecule is Cc1cnc(C(=O)OCc2nc3ccccc3n2C(F)F)cn1. The summed E-state index contributed by atoms with van der Waals surface area (Å²) in [5.74, 6) is -0.778. The zero-order chi connectivity index (χ0) is 16.4. The fourth-order valence-corrected chi connectivity index (χ4v) is 2.12. The van der Waals surface area contributed by atoms with Crippen molar-refractivity contribution in [3.63, 3.8) is 0 Å². The summed E-state index contributed by atoms with van der Waals surface area (Å²) in [4.78, 5) is 23.8. The van der Waals surface area contributed by atoms with Crippen LogP contribution in [-0.4, -0.2) is 25.5 Å². The molecule has 8 heteroatoms. The minimum atomic E-state index is -2.78. The van der Waals surface area contributed by atoms with Crippen LogP contribution in [0.3, 0.4) is 0 Å². The number of aromatic nitrogens is 4. The number of fused-ring (bicyclic) bond motifs is 1. The highest BCUT2D eigenvalue weighted by Gasteiger charge is 2.19. The van der Waals surface area contributed by atoms with Gasteiger partial charge in [0.15, 0.2) is 11.5 Å². The number of esters is 1. The highest BCUT2D eigenvalue weighted by molar-refractivity contribution is 5.86. The van der Waals surface area contributed by atoms with E-state index in [1.54, 1.807) is 25.1 Å². The summed E-state index contributed by atoms with van der Waals surface area (Å²) in [5, 5.41) is 0. The molecule has 0 spiro atoms. The number of halogens is 2. The number of benzene rings is 1. The molecule has 6 nitrogen and oxygen atoms in total. The smallest absolute Gasteiger partial charge is 0.358 e. The minimum Gasteiger partial charge on any atom is -0.453 e. The number of carbonyl (C=O) groups excluding carboxylic acids is 1. The van der Waals surface area contributed by atoms with Gasteiger partial charge in [0, 0.05) is 6.20 Å². The molecule has 0 atom stereocenters. The van der Waals surface area contributed by atoms with Gasteiger partial charge in [0.1, 0.15) is 6.61 Å². The first-order valence-corrected chi connectivity index (χ1v) is 6.76. The molecule has 0 saturated heterocycles. The summed E-state index contributed by atoms with van der Waals surface area (Å²) >= 11 is 0. The Morgan fingerprint density at radius 2 is 2.04 bits per heavy atom. The molecule has 0 aliphatic heterocycles. The lowest BCUT2D eigenvalue weighted by molar-refractivity contribution is 0.0381. The number of nitrogens with zero attached hydrogens (tertiary/aromatic N) is 4. The summed E-state index contributed by atoms with van der Waals surface area (Å²) in [6.45, 7) is -1.43. The summed E-state index contributed by atoms with van der Waals surface area (Å²) in [5.41, 5.74) is 1.36. The second kappa shape index (κ2) is 6.07. The lowest BCUT2D eigenvalue weighted by atomic mass is 10.3. The van der Waals surface area contributed by atoms with Crippen LogP contribution in [0.1, 0.15) is 28.6 Å². The standard InChI is InChI=1S/C15H12F2N4O2/c1-9-6-19-11(7-18-9)14(22)23-8-13-20-10-4-2-3-5-12(10)21(13)15(16)17/h2-7,15H,8H2,1H3. The molecule has 23 heavy (non-hydrogen) atoms. The fraction of sp³-hybridized carbons (Fsp3) is 0.200. The van der Waals surface area contributed by atoms with Crippen LogP contribution >= 0.6 is 0 Å². The minimum absolute atomic E-state index is 0.00954. The van der Waals surface area contributed by atoms with Gasteiger partial charge in [-0.25, -0.2) is 14.8 Å². The number of carbonyl (C=O) groups is 1. The number of rotatable bonds is 4. The number of imidazole rings is 1. The Hall–Kier alpha value is -2.90. The molecule has 0 N–H and O–H groups in total. The number of para-hydroxylation sites is 2. The van der Waals surface area contributed by atoms with Crippen molar-refractivity contribution in [2.45, 2.75) is 20.1 Å². The second-order valence-corrected chi connectivity index (χ2v) is 4.78. The van der Waals surface area contributed by atoms with Crippen molar-refractivity contribution in [2.75, 3.05) is 0 Å². The van der Waals surface area contributed by atoms with Crippen molar-refractivity contribution in [3.8, 4) is 0 Å². The van der Waals surface area contributed by atoms with Crippen molar-refractivity contribution in [1.29, 1.82) is 0 Å². The average Bonchev–Trinajstić information content (AvgIpc) is 2.91. The maximum Gasteiger partial charge on any atom is 0.358 e. The molecular weight excluding hydrogens is 306 g/mol. The molecule has 1 aromatic carbocycles. The highest BCUT2D eigenvalue weighted by Crippen LogP contribution is 2.23. The van der Waals surface area contributed by atoms with E-state index in [1.165, 1.54) is 18.5 Å². The van der Waals surface area contributed by atoms with Crippen LogP contribution in [0, 0.1) is 6.92 Å². The Morgan fingerprint density at radius 3 is 2.74 bits per heavy atom. The van der Waals surface area contributed by atoms with Gasteiger partial charge in [0.25, 0.3) is 0 Å². The van der Waals surface area contributed by atoms with Crippen molar-refractivity contribution in [1.82, 2.24) is 19.5 Å². The number of hydrogen-bond acceptors (Lipinski definition) is 5. The molecule has 118 valence electrons. The Kier molecular flexibility index (Phi) is 3.96. The van der Waals surface area contributed by atoms with Gasteiger partial charge in [-0.1, -0.05) is 12.1 Å². The van der Waals surface area contributed by atoms with E-state index in [2.05, 4.69) is 15.0 Å². The first-order valence-electron chi connectivity index (χ1n) is 6.76. The first kappa shape index (κ1) is 15.0. The van der Waals surface area contributed by atoms with Gasteiger partial charge in [-0.2, -0.15) is 8.78 Å². The van der Waals surface area contributed by atoms with Crippen LogP contribution in [0.15, 0.2) is 36.7 Å². The summed E-state index contributed by atoms with van der Waals surface area (Å²) in [6.07, 6.45) is 2.69. The van der Waals surface area contributed by atoms with E-state index in [0.29, 0.717) is 11.2 Å². The summed E-state index contributed by atoms with van der Waals surface area (Å²) < 4.78 is 32.2. The van der Waals surface area contributed by atoms with Gasteiger partial charge in [-0.05, 0) is 19.1 Å². The monoisotopic (exact) mass is 318 g/mol. The van der Waals surface area contributed by atoms with Crippen LogP contribution in [0.5, 0.6) is 0 Å². The molecule has 0 unspecified atom stereocenters. The molecular formula is C15H12F2N4O2. The van der Waals surface area contributed by atoms with E-state index < -0.39 is 12.5 Å². The molecule has 2 aromatic heterocycles. The van der Waals surface area contributed by atoms with E-state index in [0.717, 1.165) is 4.57 Å². The van der Waals surface area contributed by atoms with Crippen LogP contribution in [0.25, 0.3) is 11.0 Å². The normalized spacial score (nSPS) is 11.1. The van der Waals surface area contributed by atoms with E-state index in [-0.39, 0.29) is 23.6 Å². The lowest BCUT2D eigenvalue weighted by Crippen LogP contribution is -2.12. The Morgan fingerprint density at radius 1 is 1.26 bits per heavy atom. The fourth-order valence-electron chi connectivity index (χ4n) is 2.12. The van der Waals surface area contributed by atoms with Gasteiger partial charge in [0.2, 0.25) is 0 Å². The van der Waals surface area contributed by atoms with E-state index in [9.17, 15) is 13.6 Å². The third kappa shape index (κ3) is 3.01. The van der Waals surface area contributed by atoms with Gasteiger partial charge in [-0.15, -0.1) is 0 Å². The van der Waals surface area contributed by atoms with E-state index in [4.69, 9.17) is 4.74 Å². The molecule has 2 heterocycles. The highest BCUT2D eigenvalue weighted by atomic mass is 19.3. The van der Waals surface area contributed by atoms with Crippen LogP contribution < -0.4 is 0 Å². The maximum atomic E-state index is 13.2. The summed E-state index contributed by atoms with van der Waals surface area (Å²) in [6, 6.07) is 6.49. The number of aryl methyl sites for hydroxylation is 1. The molecule has 0 amide bonds. The number of ether oxygens (including phenoxy) is 1. The van der Waals surface area contributed by atoms with Crippen molar-refractivity contribution >= 4 is 17.0 Å². The predicted octanol–water partition coefficient (Wildman–Crippen LogP) is 2.89. The number of alkyl halides is 2. The van der Waals surface area contributed by atoms with E-state index >= 15 is 0 Å². The molecule has 0 fully saturated rings. The van der Waals surface area contributed by atoms with Crippen molar-refractivity contribution in [3.05, 3.63) is 53.9 Å². The molecule has 3 rings (SSSR count). The Labute approximate surface area is 129 Å². The average molecular weight is 318 g/mol. The van der Waals surface area contributed by atoms with E-state index in [1.807, 2.05) is 0 Å². The topological polar surface area (TPSA) is 69.9 Å². The Bertz CT molecular complexity index is 846. The second-order valence-electron chi connectivity index (χ2n) is 4.78. The van der Waals surface area contributed by atoms with Crippen molar-refractivity contribution < 1.29 is 18.3 Å². The van der Waals surface area contributed by atoms with Gasteiger partial charge in [0.05, 0.1) is 22.9 Å². The van der Waals surface area contributed by atoms with Gasteiger partial charge < -0.3 is 4.74 Å². The van der Waals surface area contributed by atoms with Crippen molar-refractivity contribution in [2.24, 2.45) is 0 Å².